The molecule has 0 saturated carbocycles. The van der Waals surface area contributed by atoms with Crippen molar-refractivity contribution in [3.63, 3.8) is 0 Å². The molecule has 7 heteroatoms. The number of aromatic nitrogens is 2. The number of rotatable bonds is 4. The largest absolute Gasteiger partial charge is 0.354 e. The van der Waals surface area contributed by atoms with Gasteiger partial charge >= 0.3 is 0 Å². The number of nitrogens with zero attached hydrogens (tertiary/aromatic N) is 2. The number of halogens is 2. The van der Waals surface area contributed by atoms with Crippen molar-refractivity contribution in [3.8, 4) is 0 Å². The summed E-state index contributed by atoms with van der Waals surface area (Å²) < 4.78 is 0. The molecule has 0 atom stereocenters. The van der Waals surface area contributed by atoms with Crippen LogP contribution in [-0.4, -0.2) is 16.5 Å². The van der Waals surface area contributed by atoms with Crippen LogP contribution < -0.4 is 10.6 Å². The lowest BCUT2D eigenvalue weighted by atomic mass is 10.3. The Balaban J connectivity index is 2.01. The van der Waals surface area contributed by atoms with Gasteiger partial charge in [-0.2, -0.15) is 4.98 Å². The van der Waals surface area contributed by atoms with Crippen molar-refractivity contribution in [2.75, 3.05) is 17.2 Å². The fourth-order valence-corrected chi connectivity index (χ4v) is 2.96. The van der Waals surface area contributed by atoms with E-state index < -0.39 is 0 Å². The van der Waals surface area contributed by atoms with Crippen molar-refractivity contribution < 1.29 is 0 Å². The summed E-state index contributed by atoms with van der Waals surface area (Å²) in [5.74, 6) is 1.35. The molecule has 2 aromatic heterocycles. The van der Waals surface area contributed by atoms with Crippen LogP contribution in [0.5, 0.6) is 0 Å². The van der Waals surface area contributed by atoms with Crippen molar-refractivity contribution in [3.05, 3.63) is 39.7 Å². The van der Waals surface area contributed by atoms with E-state index in [4.69, 9.17) is 23.2 Å². The van der Waals surface area contributed by atoms with Crippen LogP contribution in [0.25, 0.3) is 10.2 Å². The smallest absolute Gasteiger partial charge is 0.226 e. The Morgan fingerprint density at radius 2 is 2.00 bits per heavy atom. The average molecular weight is 339 g/mol. The third kappa shape index (κ3) is 3.05. The summed E-state index contributed by atoms with van der Waals surface area (Å²) in [4.78, 5) is 9.91. The number of fused-ring (bicyclic) bond motifs is 1. The maximum Gasteiger partial charge on any atom is 0.226 e. The molecular weight excluding hydrogens is 327 g/mol. The van der Waals surface area contributed by atoms with E-state index in [1.807, 2.05) is 24.4 Å². The zero-order valence-electron chi connectivity index (χ0n) is 11.2. The second kappa shape index (κ2) is 6.05. The van der Waals surface area contributed by atoms with E-state index in [2.05, 4.69) is 20.6 Å². The zero-order valence-corrected chi connectivity index (χ0v) is 13.5. The van der Waals surface area contributed by atoms with Gasteiger partial charge in [-0.25, -0.2) is 4.98 Å². The number of hydrogen-bond acceptors (Lipinski definition) is 5. The van der Waals surface area contributed by atoms with Crippen molar-refractivity contribution in [2.45, 2.75) is 6.92 Å². The molecule has 0 fully saturated rings. The molecule has 2 heterocycles. The molecule has 0 saturated heterocycles. The van der Waals surface area contributed by atoms with Gasteiger partial charge in [0.2, 0.25) is 5.95 Å². The molecule has 0 aliphatic heterocycles. The molecule has 2 N–H and O–H groups in total. The lowest BCUT2D eigenvalue weighted by molar-refractivity contribution is 1.11. The van der Waals surface area contributed by atoms with Gasteiger partial charge in [0.15, 0.2) is 0 Å². The highest BCUT2D eigenvalue weighted by Crippen LogP contribution is 2.31. The molecule has 0 bridgehead atoms. The molecule has 0 spiro atoms. The first-order valence-electron chi connectivity index (χ1n) is 6.38. The van der Waals surface area contributed by atoms with E-state index in [-0.39, 0.29) is 0 Å². The van der Waals surface area contributed by atoms with Crippen molar-refractivity contribution in [1.82, 2.24) is 9.97 Å². The topological polar surface area (TPSA) is 49.8 Å². The summed E-state index contributed by atoms with van der Waals surface area (Å²) in [6.07, 6.45) is 0. The molecule has 0 amide bonds. The van der Waals surface area contributed by atoms with E-state index in [9.17, 15) is 0 Å². The Labute approximate surface area is 136 Å². The van der Waals surface area contributed by atoms with Crippen LogP contribution in [0.3, 0.4) is 0 Å². The summed E-state index contributed by atoms with van der Waals surface area (Å²) >= 11 is 13.6. The average Bonchev–Trinajstić information content (AvgIpc) is 2.92. The number of benzene rings is 1. The van der Waals surface area contributed by atoms with Gasteiger partial charge in [-0.1, -0.05) is 23.2 Å². The van der Waals surface area contributed by atoms with Crippen LogP contribution in [0.2, 0.25) is 10.0 Å². The molecule has 3 aromatic rings. The summed E-state index contributed by atoms with van der Waals surface area (Å²) in [6, 6.07) is 7.39. The second-order valence-corrected chi connectivity index (χ2v) is 6.03. The van der Waals surface area contributed by atoms with E-state index in [0.29, 0.717) is 16.0 Å². The molecule has 21 heavy (non-hydrogen) atoms. The van der Waals surface area contributed by atoms with Gasteiger partial charge in [0.25, 0.3) is 0 Å². The quantitative estimate of drug-likeness (QED) is 0.688. The molecule has 4 nitrogen and oxygen atoms in total. The van der Waals surface area contributed by atoms with E-state index >= 15 is 0 Å². The van der Waals surface area contributed by atoms with Gasteiger partial charge in [0.1, 0.15) is 10.6 Å². The molecule has 3 rings (SSSR count). The minimum Gasteiger partial charge on any atom is -0.354 e. The van der Waals surface area contributed by atoms with Crippen LogP contribution in [0, 0.1) is 0 Å². The Morgan fingerprint density at radius 1 is 1.14 bits per heavy atom. The first-order valence-corrected chi connectivity index (χ1v) is 8.02. The summed E-state index contributed by atoms with van der Waals surface area (Å²) in [6.45, 7) is 2.77. The highest BCUT2D eigenvalue weighted by Gasteiger charge is 2.09. The Hall–Kier alpha value is -1.56. The fourth-order valence-electron chi connectivity index (χ4n) is 1.90. The van der Waals surface area contributed by atoms with Gasteiger partial charge in [0.05, 0.1) is 15.4 Å². The maximum absolute atomic E-state index is 6.04. The molecule has 0 aliphatic carbocycles. The summed E-state index contributed by atoms with van der Waals surface area (Å²) in [7, 11) is 0. The summed E-state index contributed by atoms with van der Waals surface area (Å²) in [5, 5.41) is 10.4. The minimum absolute atomic E-state index is 0.504. The predicted octanol–water partition coefficient (Wildman–Crippen LogP) is 5.17. The lowest BCUT2D eigenvalue weighted by Gasteiger charge is -2.10. The lowest BCUT2D eigenvalue weighted by Crippen LogP contribution is -2.04. The molecule has 108 valence electrons. The van der Waals surface area contributed by atoms with E-state index in [0.717, 1.165) is 28.3 Å². The fraction of sp³-hybridized carbons (Fsp3) is 0.143. The number of nitrogens with one attached hydrogen (secondary N) is 2. The SMILES string of the molecule is CCNc1nc(Nc2ccc(Cl)c(Cl)c2)c2ccsc2n1. The van der Waals surface area contributed by atoms with E-state index in [1.54, 1.807) is 23.5 Å². The number of anilines is 3. The van der Waals surface area contributed by atoms with Crippen molar-refractivity contribution in [1.29, 1.82) is 0 Å². The Morgan fingerprint density at radius 3 is 2.76 bits per heavy atom. The highest BCUT2D eigenvalue weighted by atomic mass is 35.5. The van der Waals surface area contributed by atoms with Gasteiger partial charge < -0.3 is 10.6 Å². The molecule has 1 aromatic carbocycles. The number of hydrogen-bond donors (Lipinski definition) is 2. The third-order valence-corrected chi connectivity index (χ3v) is 4.39. The minimum atomic E-state index is 0.504. The molecular formula is C14H12Cl2N4S. The van der Waals surface area contributed by atoms with E-state index in [1.165, 1.54) is 0 Å². The van der Waals surface area contributed by atoms with Crippen LogP contribution in [0.15, 0.2) is 29.6 Å². The van der Waals surface area contributed by atoms with Crippen LogP contribution in [0.4, 0.5) is 17.5 Å². The van der Waals surface area contributed by atoms with Crippen LogP contribution in [-0.2, 0) is 0 Å². The van der Waals surface area contributed by atoms with Gasteiger partial charge in [-0.3, -0.25) is 0 Å². The molecule has 0 aliphatic rings. The van der Waals surface area contributed by atoms with Gasteiger partial charge in [-0.15, -0.1) is 11.3 Å². The standard InChI is InChI=1S/C14H12Cl2N4S/c1-2-17-14-19-12(9-5-6-21-13(9)20-14)18-8-3-4-10(15)11(16)7-8/h3-7H,2H2,1H3,(H2,17,18,19,20). The van der Waals surface area contributed by atoms with Crippen LogP contribution in [0.1, 0.15) is 6.92 Å². The maximum atomic E-state index is 6.04. The second-order valence-electron chi connectivity index (χ2n) is 4.32. The van der Waals surface area contributed by atoms with Crippen molar-refractivity contribution in [2.24, 2.45) is 0 Å². The van der Waals surface area contributed by atoms with Gasteiger partial charge in [0, 0.05) is 12.2 Å². The number of thiophene rings is 1. The predicted molar refractivity (Wildman–Crippen MR) is 91.3 cm³/mol. The first kappa shape index (κ1) is 14.4. The van der Waals surface area contributed by atoms with Crippen LogP contribution >= 0.6 is 34.5 Å². The highest BCUT2D eigenvalue weighted by molar-refractivity contribution is 7.16. The monoisotopic (exact) mass is 338 g/mol. The third-order valence-electron chi connectivity index (χ3n) is 2.84. The Bertz CT molecular complexity index is 788. The van der Waals surface area contributed by atoms with Crippen molar-refractivity contribution >= 4 is 62.2 Å². The Kier molecular flexibility index (Phi) is 4.14. The molecule has 0 unspecified atom stereocenters. The summed E-state index contributed by atoms with van der Waals surface area (Å²) in [5.41, 5.74) is 0.832. The molecule has 0 radical (unpaired) electrons. The zero-order chi connectivity index (χ0) is 14.8. The normalized spacial score (nSPS) is 10.8. The van der Waals surface area contributed by atoms with Gasteiger partial charge in [-0.05, 0) is 36.6 Å². The first-order chi connectivity index (χ1) is 10.2.